The van der Waals surface area contributed by atoms with Gasteiger partial charge in [0.2, 0.25) is 5.91 Å². The first-order chi connectivity index (χ1) is 12.5. The first-order valence-electron chi connectivity index (χ1n) is 8.86. The zero-order valence-electron chi connectivity index (χ0n) is 15.7. The second-order valence-corrected chi connectivity index (χ2v) is 6.59. The van der Waals surface area contributed by atoms with Gasteiger partial charge in [0.15, 0.2) is 0 Å². The van der Waals surface area contributed by atoms with Crippen LogP contribution in [-0.4, -0.2) is 73.7 Å². The Balaban J connectivity index is 2.02. The van der Waals surface area contributed by atoms with Crippen LogP contribution in [0.3, 0.4) is 0 Å². The van der Waals surface area contributed by atoms with Gasteiger partial charge in [0, 0.05) is 24.7 Å². The number of likely N-dealkylation sites (tertiary alicyclic amines) is 1. The number of aliphatic carboxylic acids is 1. The molecule has 1 heterocycles. The predicted molar refractivity (Wildman–Crippen MR) is 97.7 cm³/mol. The molecule has 1 atom stereocenters. The topological polar surface area (TPSA) is 79.3 Å². The highest BCUT2D eigenvalue weighted by Crippen LogP contribution is 2.29. The fraction of sp³-hybridized carbons (Fsp3) is 0.579. The second kappa shape index (κ2) is 9.43. The van der Waals surface area contributed by atoms with Crippen LogP contribution < -0.4 is 9.47 Å². The number of likely N-dealkylation sites (N-methyl/N-ethyl adjacent to an activating group) is 1. The van der Waals surface area contributed by atoms with Crippen molar-refractivity contribution in [1.82, 2.24) is 9.80 Å². The molecule has 1 aliphatic heterocycles. The summed E-state index contributed by atoms with van der Waals surface area (Å²) < 4.78 is 10.7. The Labute approximate surface area is 154 Å². The third-order valence-electron chi connectivity index (χ3n) is 4.92. The quantitative estimate of drug-likeness (QED) is 0.792. The molecular weight excluding hydrogens is 336 g/mol. The third kappa shape index (κ3) is 5.11. The van der Waals surface area contributed by atoms with Crippen LogP contribution in [0.25, 0.3) is 0 Å². The maximum absolute atomic E-state index is 12.8. The summed E-state index contributed by atoms with van der Waals surface area (Å²) in [6, 6.07) is 5.67. The summed E-state index contributed by atoms with van der Waals surface area (Å²) in [5.74, 6) is 0.500. The van der Waals surface area contributed by atoms with E-state index < -0.39 is 5.97 Å². The van der Waals surface area contributed by atoms with Gasteiger partial charge in [0.05, 0.1) is 27.2 Å². The molecule has 7 heteroatoms. The van der Waals surface area contributed by atoms with Gasteiger partial charge >= 0.3 is 5.97 Å². The maximum atomic E-state index is 12.8. The molecule has 0 aliphatic carbocycles. The lowest BCUT2D eigenvalue weighted by atomic mass is 10.1. The van der Waals surface area contributed by atoms with Gasteiger partial charge in [-0.1, -0.05) is 6.07 Å². The molecule has 2 rings (SSSR count). The van der Waals surface area contributed by atoms with E-state index in [1.807, 2.05) is 35.0 Å². The molecule has 7 nitrogen and oxygen atoms in total. The zero-order chi connectivity index (χ0) is 19.1. The zero-order valence-corrected chi connectivity index (χ0v) is 15.7. The van der Waals surface area contributed by atoms with Crippen molar-refractivity contribution in [3.8, 4) is 11.5 Å². The normalized spacial score (nSPS) is 17.7. The standard InChI is InChI=1S/C19H28N2O5/c1-20(13-19(23)24)14-6-5-10-21(11-9-14)18(22)12-15-16(25-2)7-4-8-17(15)26-3/h4,7-8,14H,5-6,9-13H2,1-3H3,(H,23,24). The molecule has 0 saturated carbocycles. The van der Waals surface area contributed by atoms with Gasteiger partial charge < -0.3 is 19.5 Å². The first-order valence-corrected chi connectivity index (χ1v) is 8.86. The molecule has 1 aliphatic rings. The number of carbonyl (C=O) groups excluding carboxylic acids is 1. The number of benzene rings is 1. The van der Waals surface area contributed by atoms with Gasteiger partial charge in [-0.2, -0.15) is 0 Å². The third-order valence-corrected chi connectivity index (χ3v) is 4.92. The average molecular weight is 364 g/mol. The maximum Gasteiger partial charge on any atom is 0.317 e. The van der Waals surface area contributed by atoms with E-state index in [2.05, 4.69) is 0 Å². The van der Waals surface area contributed by atoms with Crippen molar-refractivity contribution in [2.75, 3.05) is 40.9 Å². The summed E-state index contributed by atoms with van der Waals surface area (Å²) in [6.07, 6.45) is 2.76. The number of carboxylic acids is 1. The molecule has 1 unspecified atom stereocenters. The van der Waals surface area contributed by atoms with Crippen LogP contribution in [-0.2, 0) is 16.0 Å². The van der Waals surface area contributed by atoms with E-state index in [0.29, 0.717) is 24.6 Å². The van der Waals surface area contributed by atoms with Gasteiger partial charge in [0.1, 0.15) is 11.5 Å². The number of nitrogens with zero attached hydrogens (tertiary/aromatic N) is 2. The van der Waals surface area contributed by atoms with E-state index in [1.165, 1.54) is 0 Å². The molecule has 26 heavy (non-hydrogen) atoms. The number of rotatable bonds is 7. The molecule has 1 N–H and O–H groups in total. The molecule has 1 saturated heterocycles. The van der Waals surface area contributed by atoms with Crippen molar-refractivity contribution < 1.29 is 24.2 Å². The van der Waals surface area contributed by atoms with Crippen LogP contribution in [0.5, 0.6) is 11.5 Å². The summed E-state index contributed by atoms with van der Waals surface area (Å²) in [5, 5.41) is 8.96. The van der Waals surface area contributed by atoms with Crippen LogP contribution in [0.2, 0.25) is 0 Å². The molecule has 0 bridgehead atoms. The molecule has 1 aromatic rings. The van der Waals surface area contributed by atoms with Gasteiger partial charge in [-0.15, -0.1) is 0 Å². The van der Waals surface area contributed by atoms with E-state index in [0.717, 1.165) is 24.8 Å². The van der Waals surface area contributed by atoms with E-state index >= 15 is 0 Å². The predicted octanol–water partition coefficient (Wildman–Crippen LogP) is 1.64. The van der Waals surface area contributed by atoms with Crippen molar-refractivity contribution in [2.45, 2.75) is 31.7 Å². The van der Waals surface area contributed by atoms with E-state index in [1.54, 1.807) is 14.2 Å². The highest BCUT2D eigenvalue weighted by atomic mass is 16.5. The van der Waals surface area contributed by atoms with Crippen LogP contribution in [0.15, 0.2) is 18.2 Å². The summed E-state index contributed by atoms with van der Waals surface area (Å²) >= 11 is 0. The lowest BCUT2D eigenvalue weighted by molar-refractivity contribution is -0.138. The SMILES string of the molecule is COc1cccc(OC)c1CC(=O)N1CCCC(N(C)CC(=O)O)CC1. The lowest BCUT2D eigenvalue weighted by Crippen LogP contribution is -2.37. The largest absolute Gasteiger partial charge is 0.496 e. The Morgan fingerprint density at radius 2 is 1.85 bits per heavy atom. The Hall–Kier alpha value is -2.28. The molecule has 144 valence electrons. The summed E-state index contributed by atoms with van der Waals surface area (Å²) in [4.78, 5) is 27.4. The summed E-state index contributed by atoms with van der Waals surface area (Å²) in [7, 11) is 4.99. The lowest BCUT2D eigenvalue weighted by Gasteiger charge is -2.26. The van der Waals surface area contributed by atoms with Crippen molar-refractivity contribution >= 4 is 11.9 Å². The van der Waals surface area contributed by atoms with Gasteiger partial charge in [-0.05, 0) is 38.4 Å². The Morgan fingerprint density at radius 1 is 1.19 bits per heavy atom. The Bertz CT molecular complexity index is 612. The number of ether oxygens (including phenoxy) is 2. The van der Waals surface area contributed by atoms with Crippen LogP contribution in [0.1, 0.15) is 24.8 Å². The highest BCUT2D eigenvalue weighted by Gasteiger charge is 2.25. The minimum Gasteiger partial charge on any atom is -0.496 e. The monoisotopic (exact) mass is 364 g/mol. The van der Waals surface area contributed by atoms with Gasteiger partial charge in [-0.3, -0.25) is 14.5 Å². The number of hydrogen-bond donors (Lipinski definition) is 1. The second-order valence-electron chi connectivity index (χ2n) is 6.59. The first kappa shape index (κ1) is 20.0. The van der Waals surface area contributed by atoms with E-state index in [4.69, 9.17) is 14.6 Å². The van der Waals surface area contributed by atoms with Gasteiger partial charge in [-0.25, -0.2) is 0 Å². The molecule has 1 fully saturated rings. The minimum absolute atomic E-state index is 0.0248. The van der Waals surface area contributed by atoms with Gasteiger partial charge in [0.25, 0.3) is 0 Å². The van der Waals surface area contributed by atoms with Crippen molar-refractivity contribution in [3.63, 3.8) is 0 Å². The Morgan fingerprint density at radius 3 is 2.42 bits per heavy atom. The number of methoxy groups -OCH3 is 2. The number of carboxylic acid groups (broad SMARTS) is 1. The molecule has 0 aromatic heterocycles. The minimum atomic E-state index is -0.826. The average Bonchev–Trinajstić information content (AvgIpc) is 2.87. The number of amides is 1. The molecule has 1 amide bonds. The van der Waals surface area contributed by atoms with Crippen LogP contribution >= 0.6 is 0 Å². The smallest absolute Gasteiger partial charge is 0.317 e. The molecular formula is C19H28N2O5. The number of carbonyl (C=O) groups is 2. The van der Waals surface area contributed by atoms with Crippen LogP contribution in [0.4, 0.5) is 0 Å². The summed E-state index contributed by atoms with van der Waals surface area (Å²) in [6.45, 7) is 1.34. The Kier molecular flexibility index (Phi) is 7.26. The highest BCUT2D eigenvalue weighted by molar-refractivity contribution is 5.80. The van der Waals surface area contributed by atoms with E-state index in [-0.39, 0.29) is 24.9 Å². The van der Waals surface area contributed by atoms with Crippen LogP contribution in [0, 0.1) is 0 Å². The molecule has 1 aromatic carbocycles. The molecule has 0 spiro atoms. The number of hydrogen-bond acceptors (Lipinski definition) is 5. The van der Waals surface area contributed by atoms with E-state index in [9.17, 15) is 9.59 Å². The fourth-order valence-electron chi connectivity index (χ4n) is 3.48. The van der Waals surface area contributed by atoms with Crippen molar-refractivity contribution in [3.05, 3.63) is 23.8 Å². The molecule has 0 radical (unpaired) electrons. The van der Waals surface area contributed by atoms with Crippen molar-refractivity contribution in [2.24, 2.45) is 0 Å². The van der Waals surface area contributed by atoms with Crippen molar-refractivity contribution in [1.29, 1.82) is 0 Å². The fourth-order valence-corrected chi connectivity index (χ4v) is 3.48. The summed E-state index contributed by atoms with van der Waals surface area (Å²) in [5.41, 5.74) is 0.756.